The molecular formula is C26H34FN5O3. The first kappa shape index (κ1) is 24.8. The second-order valence-electron chi connectivity index (χ2n) is 10.1. The Morgan fingerprint density at radius 2 is 2.06 bits per heavy atom. The van der Waals surface area contributed by atoms with Gasteiger partial charge in [0.1, 0.15) is 17.2 Å². The number of aryl methyl sites for hydroxylation is 1. The highest BCUT2D eigenvalue weighted by molar-refractivity contribution is 5.79. The lowest BCUT2D eigenvalue weighted by atomic mass is 9.93. The van der Waals surface area contributed by atoms with Crippen LogP contribution in [0.2, 0.25) is 0 Å². The van der Waals surface area contributed by atoms with E-state index in [4.69, 9.17) is 9.47 Å². The molecule has 0 spiro atoms. The third-order valence-corrected chi connectivity index (χ3v) is 6.02. The lowest BCUT2D eigenvalue weighted by Crippen LogP contribution is -2.37. The molecule has 1 atom stereocenters. The molecule has 9 heteroatoms. The highest BCUT2D eigenvalue weighted by atomic mass is 19.1. The molecule has 2 aromatic rings. The largest absolute Gasteiger partial charge is 0.492 e. The molecule has 35 heavy (non-hydrogen) atoms. The predicted molar refractivity (Wildman–Crippen MR) is 135 cm³/mol. The van der Waals surface area contributed by atoms with Crippen LogP contribution in [0.5, 0.6) is 5.75 Å². The molecule has 1 unspecified atom stereocenters. The van der Waals surface area contributed by atoms with Gasteiger partial charge in [0.2, 0.25) is 5.95 Å². The molecule has 1 aromatic carbocycles. The minimum absolute atomic E-state index is 0.126. The van der Waals surface area contributed by atoms with Gasteiger partial charge in [0, 0.05) is 43.4 Å². The Morgan fingerprint density at radius 3 is 2.77 bits per heavy atom. The number of carbonyl (C=O) groups excluding carboxylic acids is 1. The number of allylic oxidation sites excluding steroid dienone is 1. The van der Waals surface area contributed by atoms with Crippen molar-refractivity contribution in [1.82, 2.24) is 14.9 Å². The van der Waals surface area contributed by atoms with E-state index in [0.29, 0.717) is 61.3 Å². The number of hydrogen-bond acceptors (Lipinski definition) is 7. The van der Waals surface area contributed by atoms with Gasteiger partial charge in [-0.3, -0.25) is 0 Å². The van der Waals surface area contributed by atoms with E-state index in [1.165, 1.54) is 0 Å². The summed E-state index contributed by atoms with van der Waals surface area (Å²) >= 11 is 0. The van der Waals surface area contributed by atoms with Crippen LogP contribution in [0.15, 0.2) is 18.2 Å². The average Bonchev–Trinajstić information content (AvgIpc) is 2.98. The van der Waals surface area contributed by atoms with Crippen LogP contribution in [-0.2, 0) is 4.74 Å². The van der Waals surface area contributed by atoms with E-state index < -0.39 is 11.4 Å². The molecule has 4 rings (SSSR count). The number of hydrogen-bond donors (Lipinski definition) is 2. The number of aromatic nitrogens is 2. The van der Waals surface area contributed by atoms with Gasteiger partial charge in [0.05, 0.1) is 17.9 Å². The number of anilines is 3. The van der Waals surface area contributed by atoms with Crippen LogP contribution in [-0.4, -0.2) is 53.3 Å². The van der Waals surface area contributed by atoms with Gasteiger partial charge in [-0.1, -0.05) is 13.0 Å². The zero-order chi connectivity index (χ0) is 25.3. The summed E-state index contributed by atoms with van der Waals surface area (Å²) in [6.45, 7) is 10.8. The van der Waals surface area contributed by atoms with E-state index in [1.54, 1.807) is 18.0 Å². The summed E-state index contributed by atoms with van der Waals surface area (Å²) in [5.74, 6) is 1.26. The van der Waals surface area contributed by atoms with Crippen LogP contribution in [0.4, 0.5) is 26.6 Å². The van der Waals surface area contributed by atoms with Gasteiger partial charge in [-0.2, -0.15) is 4.98 Å². The summed E-state index contributed by atoms with van der Waals surface area (Å²) in [6, 6.07) is 3.61. The number of fused-ring (bicyclic) bond motifs is 1. The number of ether oxygens (including phenoxy) is 2. The van der Waals surface area contributed by atoms with Crippen molar-refractivity contribution < 1.29 is 18.7 Å². The molecule has 2 N–H and O–H groups in total. The highest BCUT2D eigenvalue weighted by Crippen LogP contribution is 2.45. The first-order valence-corrected chi connectivity index (χ1v) is 12.0. The summed E-state index contributed by atoms with van der Waals surface area (Å²) in [5.41, 5.74) is 2.71. The number of halogens is 1. The van der Waals surface area contributed by atoms with Gasteiger partial charge in [0.15, 0.2) is 5.82 Å². The van der Waals surface area contributed by atoms with Gasteiger partial charge in [-0.05, 0) is 52.2 Å². The van der Waals surface area contributed by atoms with E-state index in [9.17, 15) is 4.79 Å². The summed E-state index contributed by atoms with van der Waals surface area (Å²) in [5, 5.41) is 6.08. The van der Waals surface area contributed by atoms with E-state index in [2.05, 4.69) is 27.5 Å². The molecule has 0 aliphatic carbocycles. The average molecular weight is 484 g/mol. The lowest BCUT2D eigenvalue weighted by Gasteiger charge is -2.25. The molecule has 0 fully saturated rings. The first-order chi connectivity index (χ1) is 16.6. The molecule has 0 radical (unpaired) electrons. The summed E-state index contributed by atoms with van der Waals surface area (Å²) in [6.07, 6.45) is 2.86. The van der Waals surface area contributed by atoms with Gasteiger partial charge in [-0.25, -0.2) is 14.2 Å². The molecule has 2 aliphatic rings. The maximum atomic E-state index is 16.1. The Hall–Kier alpha value is -3.36. The van der Waals surface area contributed by atoms with Crippen LogP contribution in [0.1, 0.15) is 63.3 Å². The van der Waals surface area contributed by atoms with E-state index in [-0.39, 0.29) is 12.0 Å². The number of amides is 1. The van der Waals surface area contributed by atoms with Crippen molar-refractivity contribution in [2.24, 2.45) is 0 Å². The molecule has 1 amide bonds. The summed E-state index contributed by atoms with van der Waals surface area (Å²) in [4.78, 5) is 23.1. The van der Waals surface area contributed by atoms with Gasteiger partial charge in [0.25, 0.3) is 0 Å². The Balaban J connectivity index is 1.70. The summed E-state index contributed by atoms with van der Waals surface area (Å²) < 4.78 is 27.6. The Kier molecular flexibility index (Phi) is 6.87. The molecule has 3 heterocycles. The molecule has 0 bridgehead atoms. The van der Waals surface area contributed by atoms with Gasteiger partial charge < -0.3 is 25.0 Å². The van der Waals surface area contributed by atoms with Crippen LogP contribution in [0.3, 0.4) is 0 Å². The van der Waals surface area contributed by atoms with Crippen LogP contribution >= 0.6 is 0 Å². The van der Waals surface area contributed by atoms with Crippen molar-refractivity contribution in [2.75, 3.05) is 37.4 Å². The zero-order valence-electron chi connectivity index (χ0n) is 21.3. The number of benzene rings is 1. The van der Waals surface area contributed by atoms with E-state index >= 15 is 4.39 Å². The molecular weight excluding hydrogens is 449 g/mol. The minimum atomic E-state index is -0.572. The minimum Gasteiger partial charge on any atom is -0.492 e. The van der Waals surface area contributed by atoms with Crippen molar-refractivity contribution in [3.8, 4) is 5.75 Å². The molecule has 0 saturated carbocycles. The third kappa shape index (κ3) is 5.49. The molecule has 0 saturated heterocycles. The number of nitrogens with zero attached hydrogens (tertiary/aromatic N) is 3. The standard InChI is InChI=1S/C26H34FN5O3/c1-15-14-34-23-18(15)13-19(30-24-29-16(2)12-20(28-6)31-24)22(27)21(23)17-8-7-10-32(11-9-17)25(33)35-26(3,4)5/h9,12-13,15H,7-8,10-11,14H2,1-6H3,(H2,28,29,30,31). The topological polar surface area (TPSA) is 88.6 Å². The fourth-order valence-electron chi connectivity index (χ4n) is 4.33. The molecule has 1 aromatic heterocycles. The number of rotatable bonds is 4. The predicted octanol–water partition coefficient (Wildman–Crippen LogP) is 5.62. The van der Waals surface area contributed by atoms with E-state index in [1.807, 2.05) is 39.8 Å². The summed E-state index contributed by atoms with van der Waals surface area (Å²) in [7, 11) is 1.78. The SMILES string of the molecule is CNc1cc(C)nc(Nc2cc3c(c(C4=CCN(C(=O)OC(C)(C)C)CCC4)c2F)OCC3C)n1. The van der Waals surface area contributed by atoms with E-state index in [0.717, 1.165) is 16.8 Å². The third-order valence-electron chi connectivity index (χ3n) is 6.02. The fourth-order valence-corrected chi connectivity index (χ4v) is 4.33. The van der Waals surface area contributed by atoms with Crippen molar-refractivity contribution >= 4 is 29.1 Å². The molecule has 8 nitrogen and oxygen atoms in total. The fraction of sp³-hybridized carbons (Fsp3) is 0.500. The van der Waals surface area contributed by atoms with Crippen LogP contribution in [0.25, 0.3) is 5.57 Å². The second-order valence-corrected chi connectivity index (χ2v) is 10.1. The second kappa shape index (κ2) is 9.71. The first-order valence-electron chi connectivity index (χ1n) is 12.0. The Labute approximate surface area is 205 Å². The van der Waals surface area contributed by atoms with Crippen molar-refractivity contribution in [2.45, 2.75) is 59.0 Å². The number of carbonyl (C=O) groups is 1. The quantitative estimate of drug-likeness (QED) is 0.583. The monoisotopic (exact) mass is 483 g/mol. The molecule has 188 valence electrons. The van der Waals surface area contributed by atoms with Crippen LogP contribution in [0, 0.1) is 12.7 Å². The van der Waals surface area contributed by atoms with Crippen molar-refractivity contribution in [3.63, 3.8) is 0 Å². The molecule has 2 aliphatic heterocycles. The normalized spacial score (nSPS) is 17.7. The maximum Gasteiger partial charge on any atom is 0.410 e. The Bertz CT molecular complexity index is 1160. The Morgan fingerprint density at radius 1 is 1.29 bits per heavy atom. The van der Waals surface area contributed by atoms with Gasteiger partial charge in [-0.15, -0.1) is 0 Å². The zero-order valence-corrected chi connectivity index (χ0v) is 21.3. The van der Waals surface area contributed by atoms with Crippen LogP contribution < -0.4 is 15.4 Å². The number of nitrogens with one attached hydrogen (secondary N) is 2. The van der Waals surface area contributed by atoms with Crippen molar-refractivity contribution in [3.05, 3.63) is 40.8 Å². The maximum absolute atomic E-state index is 16.1. The van der Waals surface area contributed by atoms with Gasteiger partial charge >= 0.3 is 6.09 Å². The lowest BCUT2D eigenvalue weighted by molar-refractivity contribution is 0.0273. The smallest absolute Gasteiger partial charge is 0.410 e. The highest BCUT2D eigenvalue weighted by Gasteiger charge is 2.31. The van der Waals surface area contributed by atoms with Crippen molar-refractivity contribution in [1.29, 1.82) is 0 Å².